The van der Waals surface area contributed by atoms with Crippen molar-refractivity contribution in [1.29, 1.82) is 5.26 Å². The predicted octanol–water partition coefficient (Wildman–Crippen LogP) is 4.15. The van der Waals surface area contributed by atoms with Crippen LogP contribution in [0.3, 0.4) is 0 Å². The number of nitriles is 1. The van der Waals surface area contributed by atoms with E-state index in [9.17, 15) is 19.7 Å². The van der Waals surface area contributed by atoms with Gasteiger partial charge in [0, 0.05) is 0 Å². The van der Waals surface area contributed by atoms with Gasteiger partial charge in [-0.15, -0.1) is 0 Å². The lowest BCUT2D eigenvalue weighted by molar-refractivity contribution is -0.146. The third kappa shape index (κ3) is 7.68. The summed E-state index contributed by atoms with van der Waals surface area (Å²) >= 11 is 0. The number of hydrogen-bond acceptors (Lipinski definition) is 12. The third-order valence-corrected chi connectivity index (χ3v) is 9.68. The summed E-state index contributed by atoms with van der Waals surface area (Å²) in [5.41, 5.74) is 5.40. The van der Waals surface area contributed by atoms with E-state index >= 15 is 0 Å². The quantitative estimate of drug-likeness (QED) is 0.120. The molecule has 48 heavy (non-hydrogen) atoms. The number of nitrogen functional groups attached to an aromatic ring is 1. The van der Waals surface area contributed by atoms with E-state index in [-0.39, 0.29) is 36.4 Å². The van der Waals surface area contributed by atoms with Gasteiger partial charge in [-0.1, -0.05) is 68.8 Å². The molecule has 0 aliphatic carbocycles. The molecule has 0 bridgehead atoms. The monoisotopic (exact) mass is 678 g/mol. The molecule has 254 valence electrons. The number of nitrogens with zero attached hydrogens (tertiary/aromatic N) is 4. The highest BCUT2D eigenvalue weighted by Gasteiger charge is 2.59. The van der Waals surface area contributed by atoms with Crippen molar-refractivity contribution in [3.05, 3.63) is 90.4 Å². The van der Waals surface area contributed by atoms with Crippen molar-refractivity contribution in [1.82, 2.24) is 19.7 Å². The molecule has 0 amide bonds. The minimum atomic E-state index is -4.33. The van der Waals surface area contributed by atoms with Crippen LogP contribution in [-0.2, 0) is 40.3 Å². The summed E-state index contributed by atoms with van der Waals surface area (Å²) in [7, 11) is -4.33. The van der Waals surface area contributed by atoms with E-state index in [0.717, 1.165) is 12.0 Å². The Bertz CT molecular complexity index is 1770. The summed E-state index contributed by atoms with van der Waals surface area (Å²) in [6.45, 7) is 5.19. The van der Waals surface area contributed by atoms with Crippen LogP contribution >= 0.6 is 7.75 Å². The van der Waals surface area contributed by atoms with Crippen LogP contribution in [0.15, 0.2) is 79.1 Å². The minimum absolute atomic E-state index is 0.0590. The number of rotatable bonds is 15. The van der Waals surface area contributed by atoms with Crippen LogP contribution in [0.4, 0.5) is 5.82 Å². The van der Waals surface area contributed by atoms with Gasteiger partial charge in [-0.2, -0.15) is 15.4 Å². The molecule has 1 unspecified atom stereocenters. The number of nitrogens with two attached hydrogens (primary N) is 1. The van der Waals surface area contributed by atoms with Crippen molar-refractivity contribution in [3.8, 4) is 11.8 Å². The number of hydrogen-bond donors (Lipinski definition) is 3. The molecule has 0 saturated carbocycles. The second-order valence-corrected chi connectivity index (χ2v) is 13.3. The Morgan fingerprint density at radius 2 is 1.88 bits per heavy atom. The van der Waals surface area contributed by atoms with Gasteiger partial charge < -0.3 is 29.6 Å². The number of ether oxygens (including phenoxy) is 3. The minimum Gasteiger partial charge on any atom is -0.464 e. The Hall–Kier alpha value is -4.35. The smallest absolute Gasteiger partial charge is 0.459 e. The van der Waals surface area contributed by atoms with Gasteiger partial charge in [0.1, 0.15) is 48.0 Å². The molecular formula is C33H39N6O8P. The van der Waals surface area contributed by atoms with Crippen molar-refractivity contribution in [3.63, 3.8) is 0 Å². The second kappa shape index (κ2) is 15.3. The molecule has 15 heteroatoms. The van der Waals surface area contributed by atoms with Gasteiger partial charge in [0.05, 0.1) is 25.5 Å². The summed E-state index contributed by atoms with van der Waals surface area (Å²) < 4.78 is 45.2. The zero-order valence-electron chi connectivity index (χ0n) is 26.8. The van der Waals surface area contributed by atoms with Gasteiger partial charge in [-0.3, -0.25) is 9.32 Å². The maximum Gasteiger partial charge on any atom is 0.459 e. The molecule has 5 rings (SSSR count). The Morgan fingerprint density at radius 3 is 2.56 bits per heavy atom. The number of fused-ring (bicyclic) bond motifs is 1. The van der Waals surface area contributed by atoms with E-state index in [4.69, 9.17) is 29.0 Å². The molecule has 0 spiro atoms. The first-order valence-electron chi connectivity index (χ1n) is 15.5. The van der Waals surface area contributed by atoms with E-state index < -0.39 is 50.3 Å². The highest BCUT2D eigenvalue weighted by atomic mass is 31.2. The Kier molecular flexibility index (Phi) is 11.1. The molecule has 4 aromatic rings. The SMILES string of the molecule is CCC(C)COC(=O)[C@H](C)N[P@@](=O)(OC[C@H]1O[C@@](C#N)(c2ccc3c(N)ncnn23)[C@H](O)[C@@H]1OCc1ccccc1)Oc1ccccc1. The lowest BCUT2D eigenvalue weighted by Crippen LogP contribution is -2.42. The molecular weight excluding hydrogens is 639 g/mol. The number of aliphatic hydroxyl groups excluding tert-OH is 1. The standard InChI is InChI=1S/C33H39N6O8P/c1-4-22(2)17-44-32(41)23(3)38-48(42,47-25-13-9-6-10-14-25)45-19-27-29(43-18-24-11-7-5-8-12-24)30(40)33(20-34,46-27)28-16-15-26-31(35)36-21-37-39(26)28/h5-16,21-23,27,29-30,40H,4,17-19H2,1-3H3,(H,38,42)(H2,35,36,37)/t22?,23-,27+,29+,30+,33-,48+/m0/s1. The summed E-state index contributed by atoms with van der Waals surface area (Å²) in [4.78, 5) is 16.8. The van der Waals surface area contributed by atoms with E-state index in [1.807, 2.05) is 44.2 Å². The second-order valence-electron chi connectivity index (χ2n) is 11.6. The Balaban J connectivity index is 1.43. The number of nitrogens with one attached hydrogen (secondary N) is 1. The number of carbonyl (C=O) groups excluding carboxylic acids is 1. The molecule has 0 radical (unpaired) electrons. The number of aliphatic hydroxyl groups is 1. The number of benzene rings is 2. The first kappa shape index (κ1) is 35.0. The molecule has 1 aliphatic rings. The topological polar surface area (TPSA) is 193 Å². The van der Waals surface area contributed by atoms with Crippen molar-refractivity contribution < 1.29 is 37.7 Å². The first-order chi connectivity index (χ1) is 23.1. The maximum atomic E-state index is 14.3. The molecule has 14 nitrogen and oxygen atoms in total. The van der Waals surface area contributed by atoms with Gasteiger partial charge in [0.15, 0.2) is 5.82 Å². The summed E-state index contributed by atoms with van der Waals surface area (Å²) in [5.74, 6) is -0.127. The summed E-state index contributed by atoms with van der Waals surface area (Å²) in [5, 5.41) is 29.2. The molecule has 3 heterocycles. The molecule has 1 fully saturated rings. The normalized spacial score (nSPS) is 23.2. The van der Waals surface area contributed by atoms with Crippen LogP contribution in [0, 0.1) is 17.2 Å². The highest BCUT2D eigenvalue weighted by molar-refractivity contribution is 7.52. The average molecular weight is 679 g/mol. The summed E-state index contributed by atoms with van der Waals surface area (Å²) in [6.07, 6.45) is -1.84. The van der Waals surface area contributed by atoms with Crippen LogP contribution in [0.2, 0.25) is 0 Å². The first-order valence-corrected chi connectivity index (χ1v) is 17.1. The van der Waals surface area contributed by atoms with Crippen LogP contribution < -0.4 is 15.3 Å². The molecule has 7 atom stereocenters. The lowest BCUT2D eigenvalue weighted by atomic mass is 9.92. The summed E-state index contributed by atoms with van der Waals surface area (Å²) in [6, 6.07) is 21.7. The predicted molar refractivity (Wildman–Crippen MR) is 174 cm³/mol. The van der Waals surface area contributed by atoms with Crippen LogP contribution in [0.5, 0.6) is 5.75 Å². The Morgan fingerprint density at radius 1 is 1.17 bits per heavy atom. The fourth-order valence-corrected chi connectivity index (χ4v) is 6.64. The van der Waals surface area contributed by atoms with Gasteiger partial charge in [0.25, 0.3) is 0 Å². The number of aromatic nitrogens is 3. The fourth-order valence-electron chi connectivity index (χ4n) is 5.14. The number of para-hydroxylation sites is 1. The average Bonchev–Trinajstić information content (AvgIpc) is 3.65. The number of carbonyl (C=O) groups is 1. The van der Waals surface area contributed by atoms with Gasteiger partial charge >= 0.3 is 13.7 Å². The van der Waals surface area contributed by atoms with E-state index in [1.165, 1.54) is 17.8 Å². The molecule has 4 N–H and O–H groups in total. The van der Waals surface area contributed by atoms with Crippen molar-refractivity contribution >= 4 is 25.1 Å². The number of esters is 1. The van der Waals surface area contributed by atoms with Crippen LogP contribution in [0.1, 0.15) is 38.4 Å². The maximum absolute atomic E-state index is 14.3. The molecule has 1 saturated heterocycles. The van der Waals surface area contributed by atoms with E-state index in [1.54, 1.807) is 42.5 Å². The van der Waals surface area contributed by atoms with E-state index in [0.29, 0.717) is 5.52 Å². The largest absolute Gasteiger partial charge is 0.464 e. The van der Waals surface area contributed by atoms with Crippen molar-refractivity contribution in [2.45, 2.75) is 63.8 Å². The van der Waals surface area contributed by atoms with E-state index in [2.05, 4.69) is 21.2 Å². The Labute approximate surface area is 278 Å². The lowest BCUT2D eigenvalue weighted by Gasteiger charge is -2.26. The molecule has 2 aromatic carbocycles. The molecule has 2 aromatic heterocycles. The van der Waals surface area contributed by atoms with Crippen LogP contribution in [0.25, 0.3) is 5.52 Å². The van der Waals surface area contributed by atoms with Crippen LogP contribution in [-0.4, -0.2) is 63.2 Å². The van der Waals surface area contributed by atoms with Crippen molar-refractivity contribution in [2.24, 2.45) is 5.92 Å². The zero-order valence-corrected chi connectivity index (χ0v) is 27.7. The fraction of sp³-hybridized carbons (Fsp3) is 0.394. The highest BCUT2D eigenvalue weighted by Crippen LogP contribution is 2.48. The third-order valence-electron chi connectivity index (χ3n) is 8.04. The van der Waals surface area contributed by atoms with Gasteiger partial charge in [-0.25, -0.2) is 14.1 Å². The zero-order chi connectivity index (χ0) is 34.3. The number of anilines is 1. The van der Waals surface area contributed by atoms with Gasteiger partial charge in [0.2, 0.25) is 5.60 Å². The van der Waals surface area contributed by atoms with Gasteiger partial charge in [-0.05, 0) is 42.7 Å². The van der Waals surface area contributed by atoms with Crippen molar-refractivity contribution in [2.75, 3.05) is 18.9 Å². The molecule has 1 aliphatic heterocycles.